The zero-order valence-electron chi connectivity index (χ0n) is 11.7. The molecule has 0 atom stereocenters. The number of anilines is 1. The average molecular weight is 280 g/mol. The lowest BCUT2D eigenvalue weighted by Gasteiger charge is -2.23. The largest absolute Gasteiger partial charge is 0.353 e. The lowest BCUT2D eigenvalue weighted by molar-refractivity contribution is 0.686. The highest BCUT2D eigenvalue weighted by atomic mass is 35.5. The fraction of sp³-hybridized carbons (Fsp3) is 0.533. The predicted octanol–water partition coefficient (Wildman–Crippen LogP) is 3.39. The highest BCUT2D eigenvalue weighted by molar-refractivity contribution is 6.31. The van der Waals surface area contributed by atoms with Gasteiger partial charge in [-0.2, -0.15) is 0 Å². The number of nitrogens with zero attached hydrogens (tertiary/aromatic N) is 2. The molecule has 4 heteroatoms. The van der Waals surface area contributed by atoms with E-state index in [1.807, 2.05) is 6.92 Å². The third-order valence-electron chi connectivity index (χ3n) is 3.25. The Bertz CT molecular complexity index is 455. The zero-order chi connectivity index (χ0) is 13.8. The minimum absolute atomic E-state index is 0.686. The van der Waals surface area contributed by atoms with E-state index in [9.17, 15) is 0 Å². The molecule has 0 aromatic carbocycles. The molecule has 0 spiro atoms. The Morgan fingerprint density at radius 1 is 1.58 bits per heavy atom. The molecule has 1 saturated carbocycles. The van der Waals surface area contributed by atoms with Crippen molar-refractivity contribution in [2.75, 3.05) is 18.0 Å². The van der Waals surface area contributed by atoms with Crippen LogP contribution in [0.25, 0.3) is 0 Å². The molecule has 1 fully saturated rings. The van der Waals surface area contributed by atoms with E-state index in [4.69, 9.17) is 11.6 Å². The Hall–Kier alpha value is -1.06. The van der Waals surface area contributed by atoms with Crippen LogP contribution in [0, 0.1) is 0 Å². The number of hydrogen-bond acceptors (Lipinski definition) is 3. The Morgan fingerprint density at radius 2 is 2.32 bits per heavy atom. The molecule has 0 bridgehead atoms. The molecule has 1 aliphatic rings. The number of aromatic nitrogens is 1. The lowest BCUT2D eigenvalue weighted by atomic mass is 10.2. The summed E-state index contributed by atoms with van der Waals surface area (Å²) in [5.41, 5.74) is 2.26. The lowest BCUT2D eigenvalue weighted by Crippen LogP contribution is -2.26. The average Bonchev–Trinajstić information content (AvgIpc) is 3.19. The first-order valence-corrected chi connectivity index (χ1v) is 7.25. The van der Waals surface area contributed by atoms with E-state index in [1.54, 1.807) is 6.20 Å². The maximum absolute atomic E-state index is 6.22. The van der Waals surface area contributed by atoms with E-state index >= 15 is 0 Å². The molecule has 0 amide bonds. The molecule has 1 N–H and O–H groups in total. The first-order chi connectivity index (χ1) is 9.10. The van der Waals surface area contributed by atoms with Crippen LogP contribution in [0.4, 0.5) is 5.82 Å². The fourth-order valence-corrected chi connectivity index (χ4v) is 2.17. The van der Waals surface area contributed by atoms with E-state index in [0.717, 1.165) is 41.6 Å². The van der Waals surface area contributed by atoms with Gasteiger partial charge in [0, 0.05) is 31.9 Å². The molecule has 19 heavy (non-hydrogen) atoms. The van der Waals surface area contributed by atoms with Gasteiger partial charge in [0.1, 0.15) is 5.82 Å². The number of halogens is 1. The summed E-state index contributed by atoms with van der Waals surface area (Å²) < 4.78 is 0. The third-order valence-corrected chi connectivity index (χ3v) is 3.59. The van der Waals surface area contributed by atoms with E-state index < -0.39 is 0 Å². The second-order valence-electron chi connectivity index (χ2n) is 5.26. The fourth-order valence-electron chi connectivity index (χ4n) is 2.00. The number of pyridine rings is 1. The van der Waals surface area contributed by atoms with Gasteiger partial charge in [-0.15, -0.1) is 0 Å². The molecular formula is C15H22ClN3. The molecule has 2 rings (SSSR count). The second kappa shape index (κ2) is 6.40. The molecule has 1 aliphatic carbocycles. The van der Waals surface area contributed by atoms with E-state index in [1.165, 1.54) is 12.8 Å². The molecule has 1 heterocycles. The van der Waals surface area contributed by atoms with Gasteiger partial charge >= 0.3 is 0 Å². The van der Waals surface area contributed by atoms with Crippen molar-refractivity contribution < 1.29 is 0 Å². The van der Waals surface area contributed by atoms with Gasteiger partial charge < -0.3 is 10.2 Å². The van der Waals surface area contributed by atoms with Gasteiger partial charge in [0.05, 0.1) is 5.02 Å². The minimum atomic E-state index is 0.686. The summed E-state index contributed by atoms with van der Waals surface area (Å²) in [5.74, 6) is 0.975. The molecule has 3 nitrogen and oxygen atoms in total. The first-order valence-electron chi connectivity index (χ1n) is 6.87. The molecule has 0 radical (unpaired) electrons. The number of likely N-dealkylation sites (N-methyl/N-ethyl adjacent to an activating group) is 1. The second-order valence-corrected chi connectivity index (χ2v) is 5.67. The van der Waals surface area contributed by atoms with Crippen molar-refractivity contribution in [2.24, 2.45) is 0 Å². The van der Waals surface area contributed by atoms with Crippen molar-refractivity contribution in [2.45, 2.75) is 39.3 Å². The summed E-state index contributed by atoms with van der Waals surface area (Å²) in [6, 6.07) is 2.77. The summed E-state index contributed by atoms with van der Waals surface area (Å²) in [6.07, 6.45) is 4.32. The van der Waals surface area contributed by atoms with Crippen LogP contribution in [0.15, 0.2) is 24.4 Å². The van der Waals surface area contributed by atoms with Crippen LogP contribution in [-0.2, 0) is 6.54 Å². The van der Waals surface area contributed by atoms with Crippen molar-refractivity contribution >= 4 is 17.4 Å². The zero-order valence-corrected chi connectivity index (χ0v) is 12.5. The standard InChI is InChI=1S/C15H22ClN3/c1-4-19(10-11(2)3)15-7-12(14(16)9-18-15)8-17-13-5-6-13/h7,9,13,17H,2,4-6,8,10H2,1,3H3. The van der Waals surface area contributed by atoms with Crippen LogP contribution in [0.2, 0.25) is 5.02 Å². The van der Waals surface area contributed by atoms with Gasteiger partial charge in [0.2, 0.25) is 0 Å². The Kier molecular flexibility index (Phi) is 4.83. The number of hydrogen-bond donors (Lipinski definition) is 1. The molecule has 1 aromatic rings. The van der Waals surface area contributed by atoms with Crippen molar-refractivity contribution in [3.8, 4) is 0 Å². The Labute approximate surface area is 120 Å². The smallest absolute Gasteiger partial charge is 0.129 e. The van der Waals surface area contributed by atoms with Gasteiger partial charge in [-0.05, 0) is 38.3 Å². The van der Waals surface area contributed by atoms with Crippen LogP contribution in [-0.4, -0.2) is 24.1 Å². The van der Waals surface area contributed by atoms with Gasteiger partial charge in [-0.25, -0.2) is 4.98 Å². The van der Waals surface area contributed by atoms with E-state index in [0.29, 0.717) is 6.04 Å². The summed E-state index contributed by atoms with van der Waals surface area (Å²) >= 11 is 6.22. The van der Waals surface area contributed by atoms with Crippen molar-refractivity contribution in [1.29, 1.82) is 0 Å². The molecule has 0 aliphatic heterocycles. The molecule has 0 saturated heterocycles. The highest BCUT2D eigenvalue weighted by Gasteiger charge is 2.20. The SMILES string of the molecule is C=C(C)CN(CC)c1cc(CNC2CC2)c(Cl)cn1. The summed E-state index contributed by atoms with van der Waals surface area (Å²) in [5, 5.41) is 4.23. The van der Waals surface area contributed by atoms with Crippen LogP contribution in [0.5, 0.6) is 0 Å². The van der Waals surface area contributed by atoms with Crippen molar-refractivity contribution in [3.05, 3.63) is 35.0 Å². The van der Waals surface area contributed by atoms with Crippen molar-refractivity contribution in [1.82, 2.24) is 10.3 Å². The third kappa shape index (κ3) is 4.22. The quantitative estimate of drug-likeness (QED) is 0.776. The Balaban J connectivity index is 2.10. The van der Waals surface area contributed by atoms with Crippen LogP contribution < -0.4 is 10.2 Å². The molecular weight excluding hydrogens is 258 g/mol. The maximum Gasteiger partial charge on any atom is 0.129 e. The summed E-state index contributed by atoms with van der Waals surface area (Å²) in [6.45, 7) is 10.7. The normalized spacial score (nSPS) is 14.5. The van der Waals surface area contributed by atoms with Crippen LogP contribution >= 0.6 is 11.6 Å². The number of nitrogens with one attached hydrogen (secondary N) is 1. The maximum atomic E-state index is 6.22. The Morgan fingerprint density at radius 3 is 2.89 bits per heavy atom. The van der Waals surface area contributed by atoms with Crippen LogP contribution in [0.1, 0.15) is 32.3 Å². The molecule has 104 valence electrons. The molecule has 1 aromatic heterocycles. The minimum Gasteiger partial charge on any atom is -0.353 e. The van der Waals surface area contributed by atoms with Gasteiger partial charge in [-0.3, -0.25) is 0 Å². The highest BCUT2D eigenvalue weighted by Crippen LogP contribution is 2.23. The monoisotopic (exact) mass is 279 g/mol. The summed E-state index contributed by atoms with van der Waals surface area (Å²) in [4.78, 5) is 6.64. The number of rotatable bonds is 7. The molecule has 0 unspecified atom stereocenters. The van der Waals surface area contributed by atoms with Gasteiger partial charge in [0.15, 0.2) is 0 Å². The topological polar surface area (TPSA) is 28.2 Å². The van der Waals surface area contributed by atoms with Crippen LogP contribution in [0.3, 0.4) is 0 Å². The van der Waals surface area contributed by atoms with Crippen molar-refractivity contribution in [3.63, 3.8) is 0 Å². The van der Waals surface area contributed by atoms with E-state index in [2.05, 4.69) is 34.8 Å². The first kappa shape index (κ1) is 14.4. The van der Waals surface area contributed by atoms with Gasteiger partial charge in [0.25, 0.3) is 0 Å². The van der Waals surface area contributed by atoms with Gasteiger partial charge in [-0.1, -0.05) is 23.8 Å². The summed E-state index contributed by atoms with van der Waals surface area (Å²) in [7, 11) is 0. The predicted molar refractivity (Wildman–Crippen MR) is 81.8 cm³/mol. The van der Waals surface area contributed by atoms with E-state index in [-0.39, 0.29) is 0 Å².